The average Bonchev–Trinajstić information content (AvgIpc) is 3.65. The number of H-pyrrole nitrogens is 4. The minimum atomic E-state index is 1.07. The van der Waals surface area contributed by atoms with Gasteiger partial charge in [0.05, 0.1) is 0 Å². The first-order valence-electron chi connectivity index (χ1n) is 12.0. The van der Waals surface area contributed by atoms with Crippen LogP contribution in [0.15, 0.2) is 48.5 Å². The van der Waals surface area contributed by atoms with Crippen LogP contribution in [0, 0.1) is 0 Å². The minimum Gasteiger partial charge on any atom is -0.355 e. The lowest BCUT2D eigenvalue weighted by Gasteiger charge is -1.88. The van der Waals surface area contributed by atoms with Crippen molar-refractivity contribution in [3.8, 4) is 0 Å². The van der Waals surface area contributed by atoms with E-state index in [0.717, 1.165) is 44.2 Å². The normalized spacial score (nSPS) is 10.2. The van der Waals surface area contributed by atoms with Gasteiger partial charge < -0.3 is 19.9 Å². The number of aromatic nitrogens is 4. The molecule has 32 heavy (non-hydrogen) atoms. The first-order chi connectivity index (χ1) is 15.8. The standard InChI is InChI=1S/C20H16N4.4C2H6/c1-2-14-10-16-5-6-18(23-16)12-20-8-7-19(24-20)11-17-4-3-15(22-17)9-13(1)21-14;4*1-2/h1-12,21-24H;4*1-2H3. The van der Waals surface area contributed by atoms with E-state index in [1.807, 2.05) is 55.4 Å². The van der Waals surface area contributed by atoms with E-state index in [4.69, 9.17) is 0 Å². The van der Waals surface area contributed by atoms with Crippen LogP contribution in [0.4, 0.5) is 0 Å². The van der Waals surface area contributed by atoms with Crippen LogP contribution in [0.2, 0.25) is 0 Å². The molecule has 5 heterocycles. The summed E-state index contributed by atoms with van der Waals surface area (Å²) in [5, 5.41) is 4.29. The molecule has 0 spiro atoms. The quantitative estimate of drug-likeness (QED) is 0.273. The topological polar surface area (TPSA) is 63.2 Å². The lowest BCUT2D eigenvalue weighted by Crippen LogP contribution is -2.10. The Balaban J connectivity index is 0.000000581. The van der Waals surface area contributed by atoms with E-state index >= 15 is 0 Å². The lowest BCUT2D eigenvalue weighted by atomic mass is 10.3. The lowest BCUT2D eigenvalue weighted by molar-refractivity contribution is 1.23. The van der Waals surface area contributed by atoms with Gasteiger partial charge in [-0.1, -0.05) is 55.4 Å². The number of aromatic amines is 4. The molecular formula is C28H40N4. The summed E-state index contributed by atoms with van der Waals surface area (Å²) < 4.78 is 0. The van der Waals surface area contributed by atoms with Crippen molar-refractivity contribution < 1.29 is 0 Å². The molecule has 4 heteroatoms. The Bertz CT molecular complexity index is 1070. The van der Waals surface area contributed by atoms with Crippen LogP contribution in [-0.4, -0.2) is 19.9 Å². The fourth-order valence-electron chi connectivity index (χ4n) is 3.06. The summed E-state index contributed by atoms with van der Waals surface area (Å²) in [5.74, 6) is 0. The number of nitrogens with one attached hydrogen (secondary N) is 4. The van der Waals surface area contributed by atoms with Crippen molar-refractivity contribution in [1.82, 2.24) is 19.9 Å². The molecule has 4 aromatic heterocycles. The van der Waals surface area contributed by atoms with Crippen LogP contribution in [0.1, 0.15) is 78.2 Å². The van der Waals surface area contributed by atoms with Crippen LogP contribution in [-0.2, 0) is 0 Å². The number of fused-ring (bicyclic) bond motifs is 8. The van der Waals surface area contributed by atoms with E-state index in [-0.39, 0.29) is 0 Å². The summed E-state index contributed by atoms with van der Waals surface area (Å²) in [6.45, 7) is 16.0. The van der Waals surface area contributed by atoms with Gasteiger partial charge in [0, 0.05) is 44.2 Å². The van der Waals surface area contributed by atoms with Gasteiger partial charge in [0.2, 0.25) is 0 Å². The van der Waals surface area contributed by atoms with Crippen LogP contribution in [0.5, 0.6) is 0 Å². The van der Waals surface area contributed by atoms with Crippen molar-refractivity contribution >= 4 is 24.3 Å². The molecule has 0 unspecified atom stereocenters. The van der Waals surface area contributed by atoms with Crippen LogP contribution in [0.3, 0.4) is 0 Å². The summed E-state index contributed by atoms with van der Waals surface area (Å²) in [7, 11) is 0. The molecular weight excluding hydrogens is 392 g/mol. The molecule has 0 saturated heterocycles. The predicted octanol–water partition coefficient (Wildman–Crippen LogP) is 4.73. The molecule has 0 aliphatic carbocycles. The summed E-state index contributed by atoms with van der Waals surface area (Å²) in [6, 6.07) is 16.7. The number of hydrogen-bond acceptors (Lipinski definition) is 0. The summed E-state index contributed by atoms with van der Waals surface area (Å²) >= 11 is 0. The van der Waals surface area contributed by atoms with E-state index in [1.165, 1.54) is 0 Å². The average molecular weight is 433 g/mol. The zero-order valence-corrected chi connectivity index (χ0v) is 20.9. The maximum absolute atomic E-state index is 3.42. The molecule has 4 N–H and O–H groups in total. The summed E-state index contributed by atoms with van der Waals surface area (Å²) in [6.07, 6.45) is 8.42. The van der Waals surface area contributed by atoms with Crippen molar-refractivity contribution in [1.29, 1.82) is 0 Å². The van der Waals surface area contributed by atoms with Crippen molar-refractivity contribution in [3.63, 3.8) is 0 Å². The second-order valence-electron chi connectivity index (χ2n) is 6.05. The van der Waals surface area contributed by atoms with Gasteiger partial charge in [-0.15, -0.1) is 0 Å². The Labute approximate surface area is 192 Å². The highest BCUT2D eigenvalue weighted by Gasteiger charge is 1.97. The molecule has 8 bridgehead atoms. The van der Waals surface area contributed by atoms with Gasteiger partial charge in [-0.2, -0.15) is 0 Å². The molecule has 1 aliphatic rings. The fraction of sp³-hybridized carbons (Fsp3) is 0.286. The zero-order valence-electron chi connectivity index (χ0n) is 20.9. The largest absolute Gasteiger partial charge is 0.355 e. The molecule has 172 valence electrons. The first-order valence-corrected chi connectivity index (χ1v) is 12.0. The second-order valence-corrected chi connectivity index (χ2v) is 6.05. The fourth-order valence-corrected chi connectivity index (χ4v) is 3.06. The van der Waals surface area contributed by atoms with E-state index in [0.29, 0.717) is 0 Å². The molecule has 0 fully saturated rings. The molecule has 0 atom stereocenters. The van der Waals surface area contributed by atoms with Gasteiger partial charge in [-0.25, -0.2) is 0 Å². The van der Waals surface area contributed by atoms with Gasteiger partial charge in [0.1, 0.15) is 0 Å². The van der Waals surface area contributed by atoms with Gasteiger partial charge in [0.15, 0.2) is 0 Å². The van der Waals surface area contributed by atoms with Crippen molar-refractivity contribution in [2.24, 2.45) is 0 Å². The Kier molecular flexibility index (Phi) is 12.1. The van der Waals surface area contributed by atoms with Crippen molar-refractivity contribution in [3.05, 3.63) is 92.7 Å². The van der Waals surface area contributed by atoms with E-state index in [2.05, 4.69) is 92.8 Å². The van der Waals surface area contributed by atoms with Crippen molar-refractivity contribution in [2.75, 3.05) is 0 Å². The van der Waals surface area contributed by atoms with Crippen LogP contribution in [0.25, 0.3) is 24.3 Å². The molecule has 0 radical (unpaired) electrons. The first kappa shape index (κ1) is 26.6. The zero-order chi connectivity index (χ0) is 23.9. The molecule has 0 saturated carbocycles. The molecule has 4 nitrogen and oxygen atoms in total. The third-order valence-corrected chi connectivity index (χ3v) is 4.17. The maximum atomic E-state index is 3.42. The van der Waals surface area contributed by atoms with Gasteiger partial charge in [-0.05, 0) is 72.8 Å². The van der Waals surface area contributed by atoms with Gasteiger partial charge in [0.25, 0.3) is 0 Å². The Morgan fingerprint density at radius 2 is 0.531 bits per heavy atom. The molecule has 5 rings (SSSR count). The third-order valence-electron chi connectivity index (χ3n) is 4.17. The predicted molar refractivity (Wildman–Crippen MR) is 141 cm³/mol. The second kappa shape index (κ2) is 14.6. The van der Waals surface area contributed by atoms with E-state index in [9.17, 15) is 0 Å². The minimum absolute atomic E-state index is 1.07. The molecule has 0 amide bonds. The Hall–Kier alpha value is -3.40. The highest BCUT2D eigenvalue weighted by atomic mass is 14.8. The Morgan fingerprint density at radius 3 is 0.750 bits per heavy atom. The highest BCUT2D eigenvalue weighted by Crippen LogP contribution is 2.04. The number of rotatable bonds is 0. The maximum Gasteiger partial charge on any atom is 0.0405 e. The highest BCUT2D eigenvalue weighted by molar-refractivity contribution is 5.54. The third kappa shape index (κ3) is 7.38. The van der Waals surface area contributed by atoms with E-state index < -0.39 is 0 Å². The monoisotopic (exact) mass is 432 g/mol. The van der Waals surface area contributed by atoms with Gasteiger partial charge >= 0.3 is 0 Å². The smallest absolute Gasteiger partial charge is 0.0405 e. The molecule has 1 aliphatic heterocycles. The SMILES string of the molecule is C1=c2ccc([nH]2)=Cc2ccc([nH]2)C=c2ccc([nH]2)=Cc2ccc1[nH]2.CC.CC.CC.CC. The molecule has 4 aromatic rings. The summed E-state index contributed by atoms with van der Waals surface area (Å²) in [4.78, 5) is 13.7. The Morgan fingerprint density at radius 1 is 0.312 bits per heavy atom. The van der Waals surface area contributed by atoms with Crippen molar-refractivity contribution in [2.45, 2.75) is 55.4 Å². The van der Waals surface area contributed by atoms with Crippen LogP contribution < -0.4 is 21.4 Å². The van der Waals surface area contributed by atoms with Crippen LogP contribution >= 0.6 is 0 Å². The number of hydrogen-bond donors (Lipinski definition) is 4. The molecule has 0 aromatic carbocycles. The van der Waals surface area contributed by atoms with E-state index in [1.54, 1.807) is 0 Å². The summed E-state index contributed by atoms with van der Waals surface area (Å²) in [5.41, 5.74) is 4.29. The van der Waals surface area contributed by atoms with Gasteiger partial charge in [-0.3, -0.25) is 0 Å².